The van der Waals surface area contributed by atoms with Crippen molar-refractivity contribution < 1.29 is 9.84 Å². The molecule has 1 aliphatic heterocycles. The summed E-state index contributed by atoms with van der Waals surface area (Å²) in [5.41, 5.74) is -0.450. The van der Waals surface area contributed by atoms with Crippen LogP contribution in [0.1, 0.15) is 46.0 Å². The zero-order valence-corrected chi connectivity index (χ0v) is 13.7. The molecule has 2 fully saturated rings. The van der Waals surface area contributed by atoms with E-state index in [2.05, 4.69) is 28.7 Å². The van der Waals surface area contributed by atoms with Crippen LogP contribution in [-0.4, -0.2) is 40.4 Å². The fourth-order valence-electron chi connectivity index (χ4n) is 3.59. The van der Waals surface area contributed by atoms with Gasteiger partial charge in [0, 0.05) is 19.0 Å². The molecule has 122 valence electrons. The summed E-state index contributed by atoms with van der Waals surface area (Å²) in [6.07, 6.45) is 8.76. The summed E-state index contributed by atoms with van der Waals surface area (Å²) in [5.74, 6) is 2.29. The maximum Gasteiger partial charge on any atom is 0.234 e. The van der Waals surface area contributed by atoms with Crippen molar-refractivity contribution in [2.75, 3.05) is 24.6 Å². The number of hydrogen-bond acceptors (Lipinski definition) is 5. The number of rotatable bonds is 4. The van der Waals surface area contributed by atoms with Gasteiger partial charge in [0.25, 0.3) is 0 Å². The largest absolute Gasteiger partial charge is 0.476 e. The molecule has 22 heavy (non-hydrogen) atoms. The van der Waals surface area contributed by atoms with Crippen molar-refractivity contribution in [2.45, 2.75) is 51.6 Å². The molecule has 0 bridgehead atoms. The van der Waals surface area contributed by atoms with Gasteiger partial charge < -0.3 is 14.7 Å². The van der Waals surface area contributed by atoms with E-state index in [-0.39, 0.29) is 0 Å². The van der Waals surface area contributed by atoms with Gasteiger partial charge in [0.2, 0.25) is 5.88 Å². The Morgan fingerprint density at radius 2 is 2.23 bits per heavy atom. The number of aliphatic hydroxyl groups is 1. The van der Waals surface area contributed by atoms with Gasteiger partial charge in [-0.2, -0.15) is 4.98 Å². The zero-order valence-electron chi connectivity index (χ0n) is 13.7. The summed E-state index contributed by atoms with van der Waals surface area (Å²) >= 11 is 0. The van der Waals surface area contributed by atoms with E-state index in [1.807, 2.05) is 0 Å². The smallest absolute Gasteiger partial charge is 0.234 e. The predicted octanol–water partition coefficient (Wildman–Crippen LogP) is 2.64. The van der Waals surface area contributed by atoms with Crippen LogP contribution >= 0.6 is 0 Å². The van der Waals surface area contributed by atoms with Gasteiger partial charge in [-0.15, -0.1) is 0 Å². The summed E-state index contributed by atoms with van der Waals surface area (Å²) < 4.78 is 5.68. The van der Waals surface area contributed by atoms with Crippen molar-refractivity contribution in [3.05, 3.63) is 12.4 Å². The minimum absolute atomic E-state index is 0.358. The third-order valence-electron chi connectivity index (χ3n) is 4.92. The van der Waals surface area contributed by atoms with E-state index in [0.717, 1.165) is 44.6 Å². The van der Waals surface area contributed by atoms with Gasteiger partial charge in [0.1, 0.15) is 0 Å². The summed E-state index contributed by atoms with van der Waals surface area (Å²) in [5, 5.41) is 10.8. The van der Waals surface area contributed by atoms with Gasteiger partial charge in [-0.1, -0.05) is 26.7 Å². The van der Waals surface area contributed by atoms with Crippen LogP contribution in [0.3, 0.4) is 0 Å². The lowest BCUT2D eigenvalue weighted by atomic mass is 9.71. The molecule has 1 aromatic heterocycles. The van der Waals surface area contributed by atoms with Crippen LogP contribution < -0.4 is 9.64 Å². The van der Waals surface area contributed by atoms with Crippen molar-refractivity contribution in [3.8, 4) is 5.88 Å². The number of piperidine rings is 1. The van der Waals surface area contributed by atoms with Gasteiger partial charge in [-0.05, 0) is 25.2 Å². The number of anilines is 1. The fraction of sp³-hybridized carbons (Fsp3) is 0.765. The molecule has 2 unspecified atom stereocenters. The number of hydrogen-bond donors (Lipinski definition) is 1. The first-order valence-corrected chi connectivity index (χ1v) is 8.49. The van der Waals surface area contributed by atoms with Gasteiger partial charge in [-0.3, -0.25) is 4.98 Å². The fourth-order valence-corrected chi connectivity index (χ4v) is 3.59. The Balaban J connectivity index is 1.68. The molecule has 2 heterocycles. The van der Waals surface area contributed by atoms with Crippen molar-refractivity contribution in [2.24, 2.45) is 11.8 Å². The van der Waals surface area contributed by atoms with Crippen LogP contribution in [0.25, 0.3) is 0 Å². The average Bonchev–Trinajstić information content (AvgIpc) is 2.52. The third-order valence-corrected chi connectivity index (χ3v) is 4.92. The second-order valence-electron chi connectivity index (χ2n) is 7.16. The highest BCUT2D eigenvalue weighted by Crippen LogP contribution is 2.40. The molecule has 1 N–H and O–H groups in total. The van der Waals surface area contributed by atoms with Crippen molar-refractivity contribution in [1.29, 1.82) is 0 Å². The standard InChI is InChI=1S/C17H27N3O2/c1-13(2)12-22-16-10-18-9-15(19-16)20-8-7-17(21)6-4-3-5-14(17)11-20/h9-10,13-14,21H,3-8,11-12H2,1-2H3. The third kappa shape index (κ3) is 3.35. The van der Waals surface area contributed by atoms with Crippen molar-refractivity contribution in [1.82, 2.24) is 9.97 Å². The second kappa shape index (κ2) is 6.41. The molecule has 0 spiro atoms. The van der Waals surface area contributed by atoms with Crippen LogP contribution in [0.15, 0.2) is 12.4 Å². The molecule has 0 radical (unpaired) electrons. The SMILES string of the molecule is CC(C)COc1cncc(N2CCC3(O)CCCCC3C2)n1. The van der Waals surface area contributed by atoms with Crippen molar-refractivity contribution in [3.63, 3.8) is 0 Å². The van der Waals surface area contributed by atoms with Crippen LogP contribution in [0.5, 0.6) is 5.88 Å². The molecule has 0 aromatic carbocycles. The molecule has 2 aliphatic rings. The number of nitrogens with zero attached hydrogens (tertiary/aromatic N) is 3. The first kappa shape index (κ1) is 15.5. The van der Waals surface area contributed by atoms with E-state index in [9.17, 15) is 5.11 Å². The summed E-state index contributed by atoms with van der Waals surface area (Å²) in [7, 11) is 0. The van der Waals surface area contributed by atoms with E-state index in [0.29, 0.717) is 24.3 Å². The maximum atomic E-state index is 10.8. The Bertz CT molecular complexity index is 508. The Labute approximate surface area is 132 Å². The highest BCUT2D eigenvalue weighted by atomic mass is 16.5. The average molecular weight is 305 g/mol. The number of fused-ring (bicyclic) bond motifs is 1. The Kier molecular flexibility index (Phi) is 4.52. The van der Waals surface area contributed by atoms with E-state index in [1.165, 1.54) is 6.42 Å². The topological polar surface area (TPSA) is 58.5 Å². The molecule has 3 rings (SSSR count). The lowest BCUT2D eigenvalue weighted by Gasteiger charge is -2.47. The first-order chi connectivity index (χ1) is 10.6. The van der Waals surface area contributed by atoms with Crippen LogP contribution in [0.2, 0.25) is 0 Å². The maximum absolute atomic E-state index is 10.8. The van der Waals surface area contributed by atoms with Gasteiger partial charge >= 0.3 is 0 Å². The molecule has 0 amide bonds. The zero-order chi connectivity index (χ0) is 15.6. The molecule has 2 atom stereocenters. The second-order valence-corrected chi connectivity index (χ2v) is 7.16. The highest BCUT2D eigenvalue weighted by Gasteiger charge is 2.43. The number of ether oxygens (including phenoxy) is 1. The molecule has 1 aliphatic carbocycles. The Morgan fingerprint density at radius 1 is 1.36 bits per heavy atom. The Hall–Kier alpha value is -1.36. The predicted molar refractivity (Wildman–Crippen MR) is 86.1 cm³/mol. The normalized spacial score (nSPS) is 28.5. The molecule has 1 aromatic rings. The van der Waals surface area contributed by atoms with Crippen LogP contribution in [-0.2, 0) is 0 Å². The first-order valence-electron chi connectivity index (χ1n) is 8.49. The Morgan fingerprint density at radius 3 is 3.05 bits per heavy atom. The van der Waals surface area contributed by atoms with Crippen LogP contribution in [0, 0.1) is 11.8 Å². The molecule has 1 saturated heterocycles. The van der Waals surface area contributed by atoms with Gasteiger partial charge in [0.15, 0.2) is 5.82 Å². The molecular weight excluding hydrogens is 278 g/mol. The van der Waals surface area contributed by atoms with Gasteiger partial charge in [-0.25, -0.2) is 0 Å². The summed E-state index contributed by atoms with van der Waals surface area (Å²) in [6.45, 7) is 6.60. The minimum Gasteiger partial charge on any atom is -0.476 e. The van der Waals surface area contributed by atoms with Gasteiger partial charge in [0.05, 0.1) is 24.6 Å². The van der Waals surface area contributed by atoms with E-state index >= 15 is 0 Å². The van der Waals surface area contributed by atoms with E-state index in [1.54, 1.807) is 12.4 Å². The molecule has 1 saturated carbocycles. The molecule has 5 heteroatoms. The van der Waals surface area contributed by atoms with Crippen LogP contribution in [0.4, 0.5) is 5.82 Å². The summed E-state index contributed by atoms with van der Waals surface area (Å²) in [4.78, 5) is 11.1. The quantitative estimate of drug-likeness (QED) is 0.926. The molecule has 5 nitrogen and oxygen atoms in total. The summed E-state index contributed by atoms with van der Waals surface area (Å²) in [6, 6.07) is 0. The minimum atomic E-state index is -0.450. The van der Waals surface area contributed by atoms with E-state index in [4.69, 9.17) is 4.74 Å². The lowest BCUT2D eigenvalue weighted by molar-refractivity contribution is -0.0613. The number of aromatic nitrogens is 2. The molecular formula is C17H27N3O2. The van der Waals surface area contributed by atoms with Crippen molar-refractivity contribution >= 4 is 5.82 Å². The van der Waals surface area contributed by atoms with E-state index < -0.39 is 5.60 Å². The highest BCUT2D eigenvalue weighted by molar-refractivity contribution is 5.39. The lowest BCUT2D eigenvalue weighted by Crippen LogP contribution is -2.53. The monoisotopic (exact) mass is 305 g/mol.